The van der Waals surface area contributed by atoms with Gasteiger partial charge in [0.1, 0.15) is 23.1 Å². The summed E-state index contributed by atoms with van der Waals surface area (Å²) in [4.78, 5) is 29.1. The van der Waals surface area contributed by atoms with Gasteiger partial charge in [-0.3, -0.25) is 20.4 Å². The number of benzene rings is 2. The van der Waals surface area contributed by atoms with Crippen molar-refractivity contribution in [2.24, 2.45) is 11.5 Å². The summed E-state index contributed by atoms with van der Waals surface area (Å²) in [5.41, 5.74) is 13.1. The lowest BCUT2D eigenvalue weighted by atomic mass is 10.2. The van der Waals surface area contributed by atoms with Gasteiger partial charge in [-0.05, 0) is 60.7 Å². The molecular formula is C21H19N7O2. The van der Waals surface area contributed by atoms with Crippen molar-refractivity contribution in [1.82, 2.24) is 4.98 Å². The molecule has 8 N–H and O–H groups in total. The summed E-state index contributed by atoms with van der Waals surface area (Å²) in [5.74, 6) is -1.09. The molecule has 0 saturated heterocycles. The summed E-state index contributed by atoms with van der Waals surface area (Å²) < 4.78 is 0. The van der Waals surface area contributed by atoms with Crippen molar-refractivity contribution in [2.45, 2.75) is 0 Å². The van der Waals surface area contributed by atoms with Crippen LogP contribution in [0.5, 0.6) is 0 Å². The lowest BCUT2D eigenvalue weighted by Crippen LogP contribution is -2.18. The number of carbonyl (C=O) groups excluding carboxylic acids is 2. The van der Waals surface area contributed by atoms with Gasteiger partial charge in [0.05, 0.1) is 0 Å². The molecule has 2 amide bonds. The summed E-state index contributed by atoms with van der Waals surface area (Å²) in [7, 11) is 0. The Morgan fingerprint density at radius 1 is 0.667 bits per heavy atom. The van der Waals surface area contributed by atoms with Crippen LogP contribution in [0, 0.1) is 10.8 Å². The molecule has 0 bridgehead atoms. The first-order chi connectivity index (χ1) is 14.3. The first-order valence-corrected chi connectivity index (χ1v) is 8.82. The maximum Gasteiger partial charge on any atom is 0.274 e. The highest BCUT2D eigenvalue weighted by Gasteiger charge is 2.13. The van der Waals surface area contributed by atoms with Gasteiger partial charge in [0.25, 0.3) is 11.8 Å². The topological polar surface area (TPSA) is 171 Å². The number of nitrogen functional groups attached to an aromatic ring is 2. The Hall–Kier alpha value is -4.53. The number of anilines is 2. The number of nitrogens with two attached hydrogens (primary N) is 2. The van der Waals surface area contributed by atoms with Crippen LogP contribution in [0.15, 0.2) is 66.7 Å². The van der Waals surface area contributed by atoms with E-state index in [1.54, 1.807) is 54.6 Å². The normalized spacial score (nSPS) is 10.1. The lowest BCUT2D eigenvalue weighted by molar-refractivity contribution is 0.101. The SMILES string of the molecule is N=C(N)c1ccc(NC(=O)c2cccc(C(=O)Nc3ccc(C(=N)N)cc3)n2)cc1. The first kappa shape index (κ1) is 20.2. The molecule has 0 radical (unpaired) electrons. The van der Waals surface area contributed by atoms with Gasteiger partial charge >= 0.3 is 0 Å². The zero-order valence-corrected chi connectivity index (χ0v) is 15.8. The fourth-order valence-corrected chi connectivity index (χ4v) is 2.54. The molecule has 0 fully saturated rings. The molecule has 150 valence electrons. The molecule has 0 aliphatic carbocycles. The van der Waals surface area contributed by atoms with Crippen molar-refractivity contribution in [1.29, 1.82) is 10.8 Å². The third-order valence-corrected chi connectivity index (χ3v) is 4.12. The van der Waals surface area contributed by atoms with E-state index < -0.39 is 11.8 Å². The maximum absolute atomic E-state index is 12.5. The molecular weight excluding hydrogens is 382 g/mol. The minimum Gasteiger partial charge on any atom is -0.384 e. The molecule has 0 aliphatic heterocycles. The van der Waals surface area contributed by atoms with E-state index in [0.29, 0.717) is 22.5 Å². The van der Waals surface area contributed by atoms with E-state index in [1.807, 2.05) is 0 Å². The van der Waals surface area contributed by atoms with E-state index >= 15 is 0 Å². The third-order valence-electron chi connectivity index (χ3n) is 4.12. The van der Waals surface area contributed by atoms with Gasteiger partial charge in [-0.25, -0.2) is 4.98 Å². The van der Waals surface area contributed by atoms with E-state index in [1.165, 1.54) is 12.1 Å². The van der Waals surface area contributed by atoms with Crippen molar-refractivity contribution in [3.05, 3.63) is 89.2 Å². The number of pyridine rings is 1. The van der Waals surface area contributed by atoms with Crippen LogP contribution < -0.4 is 22.1 Å². The number of nitrogens with zero attached hydrogens (tertiary/aromatic N) is 1. The van der Waals surface area contributed by atoms with E-state index in [0.717, 1.165) is 0 Å². The van der Waals surface area contributed by atoms with Gasteiger partial charge in [-0.2, -0.15) is 0 Å². The van der Waals surface area contributed by atoms with Gasteiger partial charge in [-0.1, -0.05) is 6.07 Å². The van der Waals surface area contributed by atoms with E-state index in [2.05, 4.69) is 15.6 Å². The van der Waals surface area contributed by atoms with Crippen LogP contribution in [-0.2, 0) is 0 Å². The van der Waals surface area contributed by atoms with Crippen molar-refractivity contribution in [2.75, 3.05) is 10.6 Å². The highest BCUT2D eigenvalue weighted by Crippen LogP contribution is 2.13. The monoisotopic (exact) mass is 401 g/mol. The van der Waals surface area contributed by atoms with E-state index in [-0.39, 0.29) is 23.1 Å². The number of carbonyl (C=O) groups is 2. The Labute approximate surface area is 172 Å². The summed E-state index contributed by atoms with van der Waals surface area (Å²) in [5, 5.41) is 20.1. The predicted molar refractivity (Wildman–Crippen MR) is 115 cm³/mol. The number of aromatic nitrogens is 1. The average molecular weight is 401 g/mol. The number of nitrogens with one attached hydrogen (secondary N) is 4. The fourth-order valence-electron chi connectivity index (χ4n) is 2.54. The van der Waals surface area contributed by atoms with Gasteiger partial charge in [0.15, 0.2) is 0 Å². The molecule has 1 aromatic heterocycles. The van der Waals surface area contributed by atoms with Crippen molar-refractivity contribution < 1.29 is 9.59 Å². The van der Waals surface area contributed by atoms with Crippen LogP contribution in [0.3, 0.4) is 0 Å². The second-order valence-electron chi connectivity index (χ2n) is 6.30. The van der Waals surface area contributed by atoms with E-state index in [9.17, 15) is 9.59 Å². The minimum absolute atomic E-state index is 0.0656. The number of rotatable bonds is 6. The average Bonchev–Trinajstić information content (AvgIpc) is 2.74. The Bertz CT molecular complexity index is 1040. The van der Waals surface area contributed by atoms with Crippen LogP contribution in [0.4, 0.5) is 11.4 Å². The number of amides is 2. The molecule has 0 unspecified atom stereocenters. The van der Waals surface area contributed by atoms with Gasteiger partial charge < -0.3 is 22.1 Å². The quantitative estimate of drug-likeness (QED) is 0.274. The predicted octanol–water partition coefficient (Wildman–Crippen LogP) is 2.15. The van der Waals surface area contributed by atoms with Crippen molar-refractivity contribution >= 4 is 34.9 Å². The maximum atomic E-state index is 12.5. The summed E-state index contributed by atoms with van der Waals surface area (Å²) in [6, 6.07) is 17.5. The molecule has 9 heteroatoms. The molecule has 0 spiro atoms. The standard InChI is InChI=1S/C21H19N7O2/c22-18(23)12-4-8-14(9-5-12)26-20(29)16-2-1-3-17(28-16)21(30)27-15-10-6-13(7-11-15)19(24)25/h1-11H,(H3,22,23)(H3,24,25)(H,26,29)(H,27,30). The zero-order valence-electron chi connectivity index (χ0n) is 15.8. The van der Waals surface area contributed by atoms with Crippen LogP contribution in [0.1, 0.15) is 32.1 Å². The summed E-state index contributed by atoms with van der Waals surface area (Å²) in [6.07, 6.45) is 0. The summed E-state index contributed by atoms with van der Waals surface area (Å²) >= 11 is 0. The second-order valence-corrected chi connectivity index (χ2v) is 6.30. The molecule has 0 aliphatic rings. The number of hydrogen-bond donors (Lipinski definition) is 6. The smallest absolute Gasteiger partial charge is 0.274 e. The zero-order chi connectivity index (χ0) is 21.7. The van der Waals surface area contributed by atoms with Gasteiger partial charge in [0, 0.05) is 22.5 Å². The second kappa shape index (κ2) is 8.65. The highest BCUT2D eigenvalue weighted by molar-refractivity contribution is 6.06. The van der Waals surface area contributed by atoms with Crippen LogP contribution in [0.2, 0.25) is 0 Å². The Morgan fingerprint density at radius 2 is 1.03 bits per heavy atom. The third kappa shape index (κ3) is 4.84. The molecule has 30 heavy (non-hydrogen) atoms. The van der Waals surface area contributed by atoms with Crippen molar-refractivity contribution in [3.8, 4) is 0 Å². The number of amidine groups is 2. The molecule has 0 saturated carbocycles. The highest BCUT2D eigenvalue weighted by atomic mass is 16.2. The molecule has 1 heterocycles. The Kier molecular flexibility index (Phi) is 5.83. The van der Waals surface area contributed by atoms with Crippen molar-refractivity contribution in [3.63, 3.8) is 0 Å². The lowest BCUT2D eigenvalue weighted by Gasteiger charge is -2.08. The Balaban J connectivity index is 1.69. The molecule has 3 rings (SSSR count). The largest absolute Gasteiger partial charge is 0.384 e. The molecule has 2 aromatic carbocycles. The molecule has 0 atom stereocenters. The number of hydrogen-bond acceptors (Lipinski definition) is 5. The van der Waals surface area contributed by atoms with E-state index in [4.69, 9.17) is 22.3 Å². The van der Waals surface area contributed by atoms with Crippen LogP contribution >= 0.6 is 0 Å². The first-order valence-electron chi connectivity index (χ1n) is 8.82. The van der Waals surface area contributed by atoms with Gasteiger partial charge in [0.2, 0.25) is 0 Å². The fraction of sp³-hybridized carbons (Fsp3) is 0. The Morgan fingerprint density at radius 3 is 1.37 bits per heavy atom. The minimum atomic E-state index is -0.481. The molecule has 3 aromatic rings. The van der Waals surface area contributed by atoms with Crippen LogP contribution in [-0.4, -0.2) is 28.5 Å². The van der Waals surface area contributed by atoms with Crippen LogP contribution in [0.25, 0.3) is 0 Å². The molecule has 9 nitrogen and oxygen atoms in total. The summed E-state index contributed by atoms with van der Waals surface area (Å²) in [6.45, 7) is 0. The van der Waals surface area contributed by atoms with Gasteiger partial charge in [-0.15, -0.1) is 0 Å².